The van der Waals surface area contributed by atoms with Gasteiger partial charge in [-0.05, 0) is 11.1 Å². The molecule has 0 saturated carbocycles. The molecular formula is C31H30N6O3. The predicted octanol–water partition coefficient (Wildman–Crippen LogP) is 4.00. The Labute approximate surface area is 232 Å². The summed E-state index contributed by atoms with van der Waals surface area (Å²) in [5.41, 5.74) is 3.80. The third kappa shape index (κ3) is 5.55. The molecule has 0 aliphatic carbocycles. The first-order chi connectivity index (χ1) is 19.7. The number of nitrogens with zero attached hydrogens (tertiary/aromatic N) is 6. The molecule has 1 saturated heterocycles. The molecule has 0 bridgehead atoms. The molecule has 9 heteroatoms. The fourth-order valence-corrected chi connectivity index (χ4v) is 5.27. The van der Waals surface area contributed by atoms with Crippen LogP contribution in [0.25, 0.3) is 11.4 Å². The first-order valence-corrected chi connectivity index (χ1v) is 13.5. The maximum Gasteiger partial charge on any atom is 0.274 e. The van der Waals surface area contributed by atoms with Crippen molar-refractivity contribution >= 4 is 17.5 Å². The molecule has 2 aliphatic heterocycles. The molecule has 2 aliphatic rings. The van der Waals surface area contributed by atoms with Crippen LogP contribution < -0.4 is 0 Å². The van der Waals surface area contributed by atoms with Gasteiger partial charge >= 0.3 is 0 Å². The van der Waals surface area contributed by atoms with Crippen molar-refractivity contribution in [2.45, 2.75) is 18.9 Å². The van der Waals surface area contributed by atoms with Gasteiger partial charge < -0.3 is 9.42 Å². The summed E-state index contributed by atoms with van der Waals surface area (Å²) in [5.74, 6) is 0.418. The summed E-state index contributed by atoms with van der Waals surface area (Å²) in [6.45, 7) is 2.51. The Hall–Kier alpha value is -4.63. The van der Waals surface area contributed by atoms with Gasteiger partial charge in [-0.1, -0.05) is 96.2 Å². The standard InChI is InChI=1S/C31H30N6O3/c38-27-17-16-26(31-32-30(34-40-31)25-14-8-3-9-15-25)33-37(27)22-28(39)35-18-20-36(21-19-35)29(23-10-4-1-5-11-23)24-12-6-2-7-13-24/h1-15,29H,16-22H2. The number of benzene rings is 3. The molecule has 6 rings (SSSR count). The lowest BCUT2D eigenvalue weighted by Gasteiger charge is -2.40. The summed E-state index contributed by atoms with van der Waals surface area (Å²) in [6, 6.07) is 30.5. The summed E-state index contributed by atoms with van der Waals surface area (Å²) < 4.78 is 5.44. The van der Waals surface area contributed by atoms with E-state index in [1.807, 2.05) is 47.4 Å². The zero-order chi connectivity index (χ0) is 27.3. The molecule has 202 valence electrons. The Balaban J connectivity index is 1.11. The SMILES string of the molecule is O=C(CN1N=C(c2nc(-c3ccccc3)no2)CCC1=O)N1CCN(C(c2ccccc2)c2ccccc2)CC1. The number of piperazine rings is 1. The summed E-state index contributed by atoms with van der Waals surface area (Å²) in [4.78, 5) is 34.6. The van der Waals surface area contributed by atoms with Crippen LogP contribution in [0.3, 0.4) is 0 Å². The van der Waals surface area contributed by atoms with Gasteiger partial charge in [0.2, 0.25) is 17.6 Å². The van der Waals surface area contributed by atoms with Gasteiger partial charge in [-0.3, -0.25) is 14.5 Å². The lowest BCUT2D eigenvalue weighted by Crippen LogP contribution is -2.52. The van der Waals surface area contributed by atoms with Crippen LogP contribution in [0.4, 0.5) is 0 Å². The average Bonchev–Trinajstić information content (AvgIpc) is 3.51. The number of hydrazone groups is 1. The minimum absolute atomic E-state index is 0.108. The van der Waals surface area contributed by atoms with E-state index in [-0.39, 0.29) is 36.7 Å². The highest BCUT2D eigenvalue weighted by molar-refractivity contribution is 6.01. The molecule has 1 fully saturated rings. The van der Waals surface area contributed by atoms with Crippen LogP contribution >= 0.6 is 0 Å². The molecule has 1 aromatic heterocycles. The number of hydrogen-bond acceptors (Lipinski definition) is 7. The number of hydrogen-bond donors (Lipinski definition) is 0. The van der Waals surface area contributed by atoms with Gasteiger partial charge in [0.25, 0.3) is 5.89 Å². The highest BCUT2D eigenvalue weighted by atomic mass is 16.5. The van der Waals surface area contributed by atoms with Gasteiger partial charge in [0.05, 0.1) is 6.04 Å². The van der Waals surface area contributed by atoms with Crippen LogP contribution in [-0.4, -0.2) is 75.2 Å². The number of carbonyl (C=O) groups excluding carboxylic acids is 2. The average molecular weight is 535 g/mol. The van der Waals surface area contributed by atoms with E-state index in [9.17, 15) is 9.59 Å². The topological polar surface area (TPSA) is 95.1 Å². The van der Waals surface area contributed by atoms with E-state index in [4.69, 9.17) is 4.52 Å². The van der Waals surface area contributed by atoms with E-state index in [1.54, 1.807) is 0 Å². The summed E-state index contributed by atoms with van der Waals surface area (Å²) >= 11 is 0. The van der Waals surface area contributed by atoms with Gasteiger partial charge in [0.1, 0.15) is 12.3 Å². The number of amides is 2. The zero-order valence-corrected chi connectivity index (χ0v) is 22.1. The van der Waals surface area contributed by atoms with Gasteiger partial charge in [0.15, 0.2) is 0 Å². The van der Waals surface area contributed by atoms with Crippen molar-refractivity contribution in [2.24, 2.45) is 5.10 Å². The van der Waals surface area contributed by atoms with Crippen LogP contribution in [0.15, 0.2) is 101 Å². The summed E-state index contributed by atoms with van der Waals surface area (Å²) in [7, 11) is 0. The molecule has 0 unspecified atom stereocenters. The maximum atomic E-state index is 13.3. The molecule has 3 aromatic carbocycles. The Morgan fingerprint density at radius 1 is 0.800 bits per heavy atom. The first-order valence-electron chi connectivity index (χ1n) is 13.5. The van der Waals surface area contributed by atoms with Crippen LogP contribution in [0.5, 0.6) is 0 Å². The largest absolute Gasteiger partial charge is 0.339 e. The molecule has 0 N–H and O–H groups in total. The maximum absolute atomic E-state index is 13.3. The van der Waals surface area contributed by atoms with E-state index in [0.29, 0.717) is 31.0 Å². The van der Waals surface area contributed by atoms with Crippen LogP contribution in [-0.2, 0) is 9.59 Å². The number of carbonyl (C=O) groups is 2. The lowest BCUT2D eigenvalue weighted by molar-refractivity contribution is -0.142. The summed E-state index contributed by atoms with van der Waals surface area (Å²) in [6.07, 6.45) is 0.623. The van der Waals surface area contributed by atoms with E-state index in [1.165, 1.54) is 16.1 Å². The predicted molar refractivity (Wildman–Crippen MR) is 150 cm³/mol. The summed E-state index contributed by atoms with van der Waals surface area (Å²) in [5, 5.41) is 9.75. The fraction of sp³-hybridized carbons (Fsp3) is 0.258. The van der Waals surface area contributed by atoms with E-state index in [2.05, 4.69) is 68.7 Å². The van der Waals surface area contributed by atoms with Crippen molar-refractivity contribution < 1.29 is 14.1 Å². The van der Waals surface area contributed by atoms with Gasteiger partial charge in [-0.25, -0.2) is 5.01 Å². The monoisotopic (exact) mass is 534 g/mol. The first kappa shape index (κ1) is 25.6. The van der Waals surface area contributed by atoms with Gasteiger partial charge in [-0.2, -0.15) is 10.1 Å². The third-order valence-corrected chi connectivity index (χ3v) is 7.36. The van der Waals surface area contributed by atoms with Gasteiger partial charge in [-0.15, -0.1) is 0 Å². The fourth-order valence-electron chi connectivity index (χ4n) is 5.27. The number of aromatic nitrogens is 2. The van der Waals surface area contributed by atoms with Crippen LogP contribution in [0.2, 0.25) is 0 Å². The molecule has 4 aromatic rings. The Bertz CT molecular complexity index is 1440. The van der Waals surface area contributed by atoms with E-state index < -0.39 is 0 Å². The second kappa shape index (κ2) is 11.6. The van der Waals surface area contributed by atoms with Crippen molar-refractivity contribution in [2.75, 3.05) is 32.7 Å². The third-order valence-electron chi connectivity index (χ3n) is 7.36. The van der Waals surface area contributed by atoms with E-state index >= 15 is 0 Å². The molecule has 3 heterocycles. The highest BCUT2D eigenvalue weighted by Gasteiger charge is 2.31. The van der Waals surface area contributed by atoms with Crippen molar-refractivity contribution in [1.29, 1.82) is 0 Å². The molecular weight excluding hydrogens is 504 g/mol. The molecule has 0 spiro atoms. The molecule has 2 amide bonds. The molecule has 0 atom stereocenters. The Morgan fingerprint density at radius 2 is 1.40 bits per heavy atom. The Morgan fingerprint density at radius 3 is 2.02 bits per heavy atom. The van der Waals surface area contributed by atoms with Crippen LogP contribution in [0, 0.1) is 0 Å². The minimum Gasteiger partial charge on any atom is -0.339 e. The lowest BCUT2D eigenvalue weighted by atomic mass is 9.96. The minimum atomic E-state index is -0.188. The Kier molecular flexibility index (Phi) is 7.45. The second-order valence-corrected chi connectivity index (χ2v) is 9.93. The van der Waals surface area contributed by atoms with Crippen molar-refractivity contribution in [3.05, 3.63) is 108 Å². The van der Waals surface area contributed by atoms with Crippen molar-refractivity contribution in [1.82, 2.24) is 24.9 Å². The second-order valence-electron chi connectivity index (χ2n) is 9.93. The molecule has 9 nitrogen and oxygen atoms in total. The smallest absolute Gasteiger partial charge is 0.274 e. The quantitative estimate of drug-likeness (QED) is 0.356. The normalized spacial score (nSPS) is 16.3. The zero-order valence-electron chi connectivity index (χ0n) is 22.1. The van der Waals surface area contributed by atoms with Crippen LogP contribution in [0.1, 0.15) is 35.9 Å². The van der Waals surface area contributed by atoms with E-state index in [0.717, 1.165) is 18.7 Å². The highest BCUT2D eigenvalue weighted by Crippen LogP contribution is 2.29. The van der Waals surface area contributed by atoms with Gasteiger partial charge in [0, 0.05) is 44.6 Å². The van der Waals surface area contributed by atoms with Crippen molar-refractivity contribution in [3.63, 3.8) is 0 Å². The number of rotatable bonds is 7. The molecule has 0 radical (unpaired) electrons. The molecule has 40 heavy (non-hydrogen) atoms. The van der Waals surface area contributed by atoms with Crippen molar-refractivity contribution in [3.8, 4) is 11.4 Å².